The summed E-state index contributed by atoms with van der Waals surface area (Å²) in [7, 11) is 1.79. The molecule has 1 amide bonds. The summed E-state index contributed by atoms with van der Waals surface area (Å²) in [6, 6.07) is 0. The van der Waals surface area contributed by atoms with E-state index in [4.69, 9.17) is 5.11 Å². The van der Waals surface area contributed by atoms with Crippen LogP contribution in [-0.2, 0) is 9.59 Å². The van der Waals surface area contributed by atoms with Gasteiger partial charge in [0.05, 0.1) is 12.3 Å². The van der Waals surface area contributed by atoms with Gasteiger partial charge in [-0.3, -0.25) is 9.59 Å². The molecular weight excluding hydrogens is 196 g/mol. The Balaban J connectivity index is 4.11. The number of carboxylic acids is 1. The molecule has 1 atom stereocenters. The van der Waals surface area contributed by atoms with E-state index in [1.807, 2.05) is 13.8 Å². The van der Waals surface area contributed by atoms with Crippen LogP contribution in [0.4, 0.5) is 0 Å². The first kappa shape index (κ1) is 13.9. The van der Waals surface area contributed by atoms with Crippen molar-refractivity contribution in [1.29, 1.82) is 0 Å². The van der Waals surface area contributed by atoms with Crippen LogP contribution in [0, 0.1) is 11.8 Å². The summed E-state index contributed by atoms with van der Waals surface area (Å²) in [6.07, 6.45) is -0.108. The Labute approximate surface area is 90.2 Å². The SMILES string of the molecule is CNCCNC(=O)C(CC(=O)O)C(C)C. The normalized spacial score (nSPS) is 12.5. The average Bonchev–Trinajstić information content (AvgIpc) is 2.13. The molecule has 1 unspecified atom stereocenters. The number of nitrogens with one attached hydrogen (secondary N) is 2. The van der Waals surface area contributed by atoms with Gasteiger partial charge < -0.3 is 15.7 Å². The number of likely N-dealkylation sites (N-methyl/N-ethyl adjacent to an activating group) is 1. The van der Waals surface area contributed by atoms with Crippen molar-refractivity contribution in [3.05, 3.63) is 0 Å². The molecule has 0 heterocycles. The van der Waals surface area contributed by atoms with Crippen molar-refractivity contribution in [2.75, 3.05) is 20.1 Å². The molecule has 0 aromatic rings. The lowest BCUT2D eigenvalue weighted by molar-refractivity contribution is -0.142. The topological polar surface area (TPSA) is 78.4 Å². The number of hydrogen-bond acceptors (Lipinski definition) is 3. The molecule has 0 spiro atoms. The predicted molar refractivity (Wildman–Crippen MR) is 57.5 cm³/mol. The van der Waals surface area contributed by atoms with Crippen LogP contribution in [0.15, 0.2) is 0 Å². The van der Waals surface area contributed by atoms with Crippen molar-refractivity contribution < 1.29 is 14.7 Å². The van der Waals surface area contributed by atoms with Crippen molar-refractivity contribution in [2.24, 2.45) is 11.8 Å². The third-order valence-corrected chi connectivity index (χ3v) is 2.21. The highest BCUT2D eigenvalue weighted by Gasteiger charge is 2.24. The highest BCUT2D eigenvalue weighted by atomic mass is 16.4. The zero-order chi connectivity index (χ0) is 11.8. The molecule has 3 N–H and O–H groups in total. The fourth-order valence-electron chi connectivity index (χ4n) is 1.26. The predicted octanol–water partition coefficient (Wildman–Crippen LogP) is 0.0689. The van der Waals surface area contributed by atoms with Crippen LogP contribution in [0.2, 0.25) is 0 Å². The molecule has 5 nitrogen and oxygen atoms in total. The summed E-state index contributed by atoms with van der Waals surface area (Å²) in [5.74, 6) is -1.52. The molecule has 88 valence electrons. The van der Waals surface area contributed by atoms with Gasteiger partial charge >= 0.3 is 5.97 Å². The summed E-state index contributed by atoms with van der Waals surface area (Å²) in [5, 5.41) is 14.3. The van der Waals surface area contributed by atoms with E-state index >= 15 is 0 Å². The van der Waals surface area contributed by atoms with E-state index in [0.29, 0.717) is 13.1 Å². The Hall–Kier alpha value is -1.10. The molecule has 0 radical (unpaired) electrons. The Kier molecular flexibility index (Phi) is 6.70. The maximum atomic E-state index is 11.6. The van der Waals surface area contributed by atoms with E-state index in [1.165, 1.54) is 0 Å². The van der Waals surface area contributed by atoms with Crippen LogP contribution < -0.4 is 10.6 Å². The molecule has 0 aromatic carbocycles. The monoisotopic (exact) mass is 216 g/mol. The Bertz CT molecular complexity index is 217. The number of rotatable bonds is 7. The number of carbonyl (C=O) groups excluding carboxylic acids is 1. The smallest absolute Gasteiger partial charge is 0.304 e. The van der Waals surface area contributed by atoms with Crippen LogP contribution in [0.5, 0.6) is 0 Å². The maximum Gasteiger partial charge on any atom is 0.304 e. The average molecular weight is 216 g/mol. The molecule has 0 aliphatic carbocycles. The summed E-state index contributed by atoms with van der Waals surface area (Å²) in [5.41, 5.74) is 0. The number of carboxylic acid groups (broad SMARTS) is 1. The minimum absolute atomic E-state index is 0.0377. The van der Waals surface area contributed by atoms with Crippen molar-refractivity contribution in [1.82, 2.24) is 10.6 Å². The summed E-state index contributed by atoms with van der Waals surface area (Å²) < 4.78 is 0. The third kappa shape index (κ3) is 6.06. The van der Waals surface area contributed by atoms with E-state index in [1.54, 1.807) is 7.05 Å². The van der Waals surface area contributed by atoms with Crippen molar-refractivity contribution in [2.45, 2.75) is 20.3 Å². The van der Waals surface area contributed by atoms with Gasteiger partial charge in [-0.05, 0) is 13.0 Å². The Morgan fingerprint density at radius 1 is 1.27 bits per heavy atom. The molecular formula is C10H20N2O3. The fourth-order valence-corrected chi connectivity index (χ4v) is 1.26. The first-order valence-electron chi connectivity index (χ1n) is 5.13. The van der Waals surface area contributed by atoms with Crippen LogP contribution >= 0.6 is 0 Å². The number of amides is 1. The quantitative estimate of drug-likeness (QED) is 0.526. The van der Waals surface area contributed by atoms with Crippen molar-refractivity contribution in [3.63, 3.8) is 0 Å². The van der Waals surface area contributed by atoms with E-state index in [9.17, 15) is 9.59 Å². The van der Waals surface area contributed by atoms with Crippen molar-refractivity contribution >= 4 is 11.9 Å². The lowest BCUT2D eigenvalue weighted by Crippen LogP contribution is -2.38. The largest absolute Gasteiger partial charge is 0.481 e. The van der Waals surface area contributed by atoms with Gasteiger partial charge in [-0.2, -0.15) is 0 Å². The summed E-state index contributed by atoms with van der Waals surface area (Å²) >= 11 is 0. The molecule has 0 aromatic heterocycles. The van der Waals surface area contributed by atoms with Crippen LogP contribution in [0.1, 0.15) is 20.3 Å². The van der Waals surface area contributed by atoms with Gasteiger partial charge in [-0.1, -0.05) is 13.8 Å². The molecule has 0 bridgehead atoms. The Morgan fingerprint density at radius 2 is 1.87 bits per heavy atom. The standard InChI is InChI=1S/C10H20N2O3/c1-7(2)8(6-9(13)14)10(15)12-5-4-11-3/h7-8,11H,4-6H2,1-3H3,(H,12,15)(H,13,14). The molecule has 5 heteroatoms. The molecule has 15 heavy (non-hydrogen) atoms. The molecule has 0 saturated heterocycles. The van der Waals surface area contributed by atoms with Crippen LogP contribution in [-0.4, -0.2) is 37.1 Å². The Morgan fingerprint density at radius 3 is 2.27 bits per heavy atom. The van der Waals surface area contributed by atoms with E-state index in [2.05, 4.69) is 10.6 Å². The minimum atomic E-state index is -0.933. The van der Waals surface area contributed by atoms with E-state index < -0.39 is 11.9 Å². The number of hydrogen-bond donors (Lipinski definition) is 3. The first-order valence-corrected chi connectivity index (χ1v) is 5.13. The fraction of sp³-hybridized carbons (Fsp3) is 0.800. The second-order valence-corrected chi connectivity index (χ2v) is 3.84. The van der Waals surface area contributed by atoms with Gasteiger partial charge in [0.1, 0.15) is 0 Å². The van der Waals surface area contributed by atoms with Gasteiger partial charge in [0.2, 0.25) is 5.91 Å². The van der Waals surface area contributed by atoms with Gasteiger partial charge in [0, 0.05) is 13.1 Å². The zero-order valence-corrected chi connectivity index (χ0v) is 9.54. The summed E-state index contributed by atoms with van der Waals surface area (Å²) in [6.45, 7) is 4.91. The number of aliphatic carboxylic acids is 1. The second kappa shape index (κ2) is 7.23. The van der Waals surface area contributed by atoms with E-state index in [-0.39, 0.29) is 18.2 Å². The zero-order valence-electron chi connectivity index (χ0n) is 9.54. The van der Waals surface area contributed by atoms with Gasteiger partial charge in [0.25, 0.3) is 0 Å². The van der Waals surface area contributed by atoms with Crippen molar-refractivity contribution in [3.8, 4) is 0 Å². The lowest BCUT2D eigenvalue weighted by atomic mass is 9.92. The highest BCUT2D eigenvalue weighted by molar-refractivity contribution is 5.83. The maximum absolute atomic E-state index is 11.6. The van der Waals surface area contributed by atoms with Gasteiger partial charge in [-0.25, -0.2) is 0 Å². The summed E-state index contributed by atoms with van der Waals surface area (Å²) in [4.78, 5) is 22.1. The molecule has 0 saturated carbocycles. The molecule has 0 aliphatic heterocycles. The van der Waals surface area contributed by atoms with E-state index in [0.717, 1.165) is 0 Å². The molecule has 0 aliphatic rings. The van der Waals surface area contributed by atoms with Gasteiger partial charge in [0.15, 0.2) is 0 Å². The lowest BCUT2D eigenvalue weighted by Gasteiger charge is -2.18. The first-order chi connectivity index (χ1) is 6.99. The highest BCUT2D eigenvalue weighted by Crippen LogP contribution is 2.15. The van der Waals surface area contributed by atoms with Crippen LogP contribution in [0.3, 0.4) is 0 Å². The minimum Gasteiger partial charge on any atom is -0.481 e. The molecule has 0 rings (SSSR count). The van der Waals surface area contributed by atoms with Gasteiger partial charge in [-0.15, -0.1) is 0 Å². The third-order valence-electron chi connectivity index (χ3n) is 2.21. The number of carbonyl (C=O) groups is 2. The van der Waals surface area contributed by atoms with Crippen LogP contribution in [0.25, 0.3) is 0 Å². The molecule has 0 fully saturated rings. The second-order valence-electron chi connectivity index (χ2n) is 3.84.